The Balaban J connectivity index is 1.86. The quantitative estimate of drug-likeness (QED) is 0.898. The van der Waals surface area contributed by atoms with E-state index in [1.165, 1.54) is 27.6 Å². The number of halogens is 1. The first-order valence-corrected chi connectivity index (χ1v) is 7.57. The molecule has 2 aromatic rings. The predicted octanol–water partition coefficient (Wildman–Crippen LogP) is 4.12. The van der Waals surface area contributed by atoms with E-state index in [1.54, 1.807) is 0 Å². The van der Waals surface area contributed by atoms with E-state index < -0.39 is 0 Å². The molecule has 98 valence electrons. The summed E-state index contributed by atoms with van der Waals surface area (Å²) >= 11 is 3.66. The summed E-state index contributed by atoms with van der Waals surface area (Å²) in [6, 6.07) is 17.8. The molecule has 0 aromatic heterocycles. The van der Waals surface area contributed by atoms with Crippen molar-refractivity contribution in [3.05, 3.63) is 69.7 Å². The monoisotopic (exact) mass is 315 g/mol. The summed E-state index contributed by atoms with van der Waals surface area (Å²) in [6.45, 7) is 0. The van der Waals surface area contributed by atoms with Gasteiger partial charge in [0.1, 0.15) is 0 Å². The fourth-order valence-electron chi connectivity index (χ4n) is 3.21. The molecule has 2 heteroatoms. The Kier molecular flexibility index (Phi) is 3.72. The van der Waals surface area contributed by atoms with Crippen LogP contribution in [0.5, 0.6) is 0 Å². The smallest absolute Gasteiger partial charge is 0.0355 e. The van der Waals surface area contributed by atoms with Gasteiger partial charge in [0.15, 0.2) is 0 Å². The summed E-state index contributed by atoms with van der Waals surface area (Å²) in [5, 5.41) is 3.49. The van der Waals surface area contributed by atoms with Crippen molar-refractivity contribution in [1.82, 2.24) is 5.32 Å². The maximum Gasteiger partial charge on any atom is 0.0355 e. The fraction of sp³-hybridized carbons (Fsp3) is 0.294. The van der Waals surface area contributed by atoms with Crippen LogP contribution in [0.2, 0.25) is 0 Å². The van der Waals surface area contributed by atoms with Crippen molar-refractivity contribution in [3.63, 3.8) is 0 Å². The number of nitrogens with one attached hydrogen (secondary N) is 1. The number of benzene rings is 2. The molecule has 2 unspecified atom stereocenters. The van der Waals surface area contributed by atoms with E-state index >= 15 is 0 Å². The molecule has 2 aromatic carbocycles. The minimum atomic E-state index is 0.475. The molecule has 3 rings (SSSR count). The highest BCUT2D eigenvalue weighted by molar-refractivity contribution is 9.10. The highest BCUT2D eigenvalue weighted by atomic mass is 79.9. The second kappa shape index (κ2) is 5.48. The van der Waals surface area contributed by atoms with Crippen LogP contribution >= 0.6 is 15.9 Å². The molecular formula is C17H18BrN. The molecule has 0 aliphatic heterocycles. The van der Waals surface area contributed by atoms with Gasteiger partial charge in [-0.2, -0.15) is 0 Å². The third-order valence-electron chi connectivity index (χ3n) is 4.09. The fourth-order valence-corrected chi connectivity index (χ4v) is 3.65. The van der Waals surface area contributed by atoms with Crippen molar-refractivity contribution in [3.8, 4) is 0 Å². The van der Waals surface area contributed by atoms with E-state index in [1.807, 2.05) is 0 Å². The van der Waals surface area contributed by atoms with Gasteiger partial charge in [0.25, 0.3) is 0 Å². The molecule has 1 N–H and O–H groups in total. The predicted molar refractivity (Wildman–Crippen MR) is 83.3 cm³/mol. The van der Waals surface area contributed by atoms with E-state index in [4.69, 9.17) is 0 Å². The first-order valence-electron chi connectivity index (χ1n) is 6.78. The van der Waals surface area contributed by atoms with Crippen LogP contribution in [0.15, 0.2) is 53.0 Å². The summed E-state index contributed by atoms with van der Waals surface area (Å²) in [6.07, 6.45) is 2.28. The molecule has 0 saturated heterocycles. The Hall–Kier alpha value is -1.12. The number of hydrogen-bond donors (Lipinski definition) is 1. The van der Waals surface area contributed by atoms with Gasteiger partial charge in [-0.25, -0.2) is 0 Å². The van der Waals surface area contributed by atoms with Crippen molar-refractivity contribution in [2.24, 2.45) is 5.92 Å². The van der Waals surface area contributed by atoms with Crippen LogP contribution in [0.1, 0.15) is 22.7 Å². The lowest BCUT2D eigenvalue weighted by molar-refractivity contribution is 0.410. The molecule has 1 aliphatic carbocycles. The minimum absolute atomic E-state index is 0.475. The molecule has 0 bridgehead atoms. The second-order valence-electron chi connectivity index (χ2n) is 5.22. The normalized spacial score (nSPS) is 21.4. The number of rotatable bonds is 3. The second-order valence-corrected chi connectivity index (χ2v) is 6.08. The van der Waals surface area contributed by atoms with Gasteiger partial charge in [-0.15, -0.1) is 0 Å². The van der Waals surface area contributed by atoms with Gasteiger partial charge in [-0.3, -0.25) is 0 Å². The van der Waals surface area contributed by atoms with Crippen LogP contribution in [-0.2, 0) is 12.8 Å². The highest BCUT2D eigenvalue weighted by Crippen LogP contribution is 2.38. The van der Waals surface area contributed by atoms with Gasteiger partial charge in [0.05, 0.1) is 0 Å². The standard InChI is InChI=1S/C17H18BrN/c1-19-17-14(10-12-6-2-4-8-15(12)17)11-13-7-3-5-9-16(13)18/h2-9,14,17,19H,10-11H2,1H3. The third kappa shape index (κ3) is 2.47. The lowest BCUT2D eigenvalue weighted by atomic mass is 9.93. The Morgan fingerprint density at radius 3 is 2.63 bits per heavy atom. The van der Waals surface area contributed by atoms with Gasteiger partial charge in [0, 0.05) is 10.5 Å². The van der Waals surface area contributed by atoms with Gasteiger partial charge in [-0.05, 0) is 48.6 Å². The Labute approximate surface area is 123 Å². The first kappa shape index (κ1) is 12.9. The lowest BCUT2D eigenvalue weighted by Crippen LogP contribution is -2.23. The van der Waals surface area contributed by atoms with Crippen LogP contribution in [-0.4, -0.2) is 7.05 Å². The highest BCUT2D eigenvalue weighted by Gasteiger charge is 2.31. The summed E-state index contributed by atoms with van der Waals surface area (Å²) < 4.78 is 1.22. The molecule has 0 fully saturated rings. The molecule has 19 heavy (non-hydrogen) atoms. The third-order valence-corrected chi connectivity index (χ3v) is 4.87. The first-order chi connectivity index (χ1) is 9.29. The topological polar surface area (TPSA) is 12.0 Å². The zero-order valence-electron chi connectivity index (χ0n) is 11.1. The summed E-state index contributed by atoms with van der Waals surface area (Å²) in [7, 11) is 2.07. The molecule has 0 radical (unpaired) electrons. The van der Waals surface area contributed by atoms with Gasteiger partial charge < -0.3 is 5.32 Å². The van der Waals surface area contributed by atoms with E-state index in [0.717, 1.165) is 6.42 Å². The van der Waals surface area contributed by atoms with E-state index in [9.17, 15) is 0 Å². The van der Waals surface area contributed by atoms with Crippen molar-refractivity contribution < 1.29 is 0 Å². The lowest BCUT2D eigenvalue weighted by Gasteiger charge is -2.20. The largest absolute Gasteiger partial charge is 0.313 e. The van der Waals surface area contributed by atoms with E-state index in [-0.39, 0.29) is 0 Å². The summed E-state index contributed by atoms with van der Waals surface area (Å²) in [5.74, 6) is 0.640. The minimum Gasteiger partial charge on any atom is -0.313 e. The van der Waals surface area contributed by atoms with Crippen LogP contribution < -0.4 is 5.32 Å². The van der Waals surface area contributed by atoms with Gasteiger partial charge in [0.2, 0.25) is 0 Å². The molecule has 1 aliphatic rings. The van der Waals surface area contributed by atoms with Gasteiger partial charge in [-0.1, -0.05) is 58.4 Å². The molecule has 1 nitrogen and oxygen atoms in total. The Morgan fingerprint density at radius 1 is 1.11 bits per heavy atom. The van der Waals surface area contributed by atoms with E-state index in [2.05, 4.69) is 76.8 Å². The number of fused-ring (bicyclic) bond motifs is 1. The number of hydrogen-bond acceptors (Lipinski definition) is 1. The summed E-state index contributed by atoms with van der Waals surface area (Å²) in [5.41, 5.74) is 4.38. The van der Waals surface area contributed by atoms with E-state index in [0.29, 0.717) is 12.0 Å². The average molecular weight is 316 g/mol. The van der Waals surface area contributed by atoms with Crippen molar-refractivity contribution in [2.45, 2.75) is 18.9 Å². The van der Waals surface area contributed by atoms with Crippen LogP contribution in [0.3, 0.4) is 0 Å². The Bertz CT molecular complexity index is 579. The van der Waals surface area contributed by atoms with Crippen molar-refractivity contribution in [1.29, 1.82) is 0 Å². The zero-order chi connectivity index (χ0) is 13.2. The van der Waals surface area contributed by atoms with Crippen molar-refractivity contribution in [2.75, 3.05) is 7.05 Å². The maximum atomic E-state index is 3.66. The molecule has 0 spiro atoms. The molecule has 2 atom stereocenters. The Morgan fingerprint density at radius 2 is 1.84 bits per heavy atom. The zero-order valence-corrected chi connectivity index (χ0v) is 12.7. The SMILES string of the molecule is CNC1c2ccccc2CC1Cc1ccccc1Br. The average Bonchev–Trinajstić information content (AvgIpc) is 2.78. The molecule has 0 heterocycles. The van der Waals surface area contributed by atoms with Crippen LogP contribution in [0, 0.1) is 5.92 Å². The van der Waals surface area contributed by atoms with Crippen molar-refractivity contribution >= 4 is 15.9 Å². The van der Waals surface area contributed by atoms with Crippen LogP contribution in [0.25, 0.3) is 0 Å². The summed E-state index contributed by atoms with van der Waals surface area (Å²) in [4.78, 5) is 0. The molecular weight excluding hydrogens is 298 g/mol. The van der Waals surface area contributed by atoms with Crippen LogP contribution in [0.4, 0.5) is 0 Å². The van der Waals surface area contributed by atoms with Gasteiger partial charge >= 0.3 is 0 Å². The molecule has 0 saturated carbocycles. The maximum absolute atomic E-state index is 3.66. The molecule has 0 amide bonds.